The number of rotatable bonds is 11. The molecule has 0 radical (unpaired) electrons. The fraction of sp³-hybridized carbons (Fsp3) is 0.265. The van der Waals surface area contributed by atoms with Gasteiger partial charge in [-0.3, -0.25) is 42.2 Å². The molecule has 1 amide bonds. The van der Waals surface area contributed by atoms with Gasteiger partial charge in [0.15, 0.2) is 0 Å². The topological polar surface area (TPSA) is 187 Å². The molecule has 1 N–H and O–H groups in total. The first kappa shape index (κ1) is 60.9. The van der Waals surface area contributed by atoms with E-state index in [2.05, 4.69) is 10.1 Å². The molecule has 0 fully saturated rings. The number of esters is 2. The van der Waals surface area contributed by atoms with Crippen molar-refractivity contribution in [3.8, 4) is 22.3 Å². The summed E-state index contributed by atoms with van der Waals surface area (Å²) in [6.07, 6.45) is -9.62. The first-order valence-electron chi connectivity index (χ1n) is 21.4. The smallest absolute Gasteiger partial charge is 0.432 e. The third kappa shape index (κ3) is 14.4. The summed E-state index contributed by atoms with van der Waals surface area (Å²) in [5.41, 5.74) is -7.09. The molecule has 0 saturated carbocycles. The first-order chi connectivity index (χ1) is 34.9. The van der Waals surface area contributed by atoms with Crippen LogP contribution < -0.4 is 27.8 Å². The number of benzene rings is 4. The molecule has 400 valence electrons. The van der Waals surface area contributed by atoms with Gasteiger partial charge in [0.1, 0.15) is 17.4 Å². The van der Waals surface area contributed by atoms with Crippen molar-refractivity contribution < 1.29 is 55.0 Å². The number of carbonyl (C=O) groups is 4. The zero-order chi connectivity index (χ0) is 56.6. The second-order valence-electron chi connectivity index (χ2n) is 16.1. The number of carbonyl (C=O) groups excluding carboxylic acids is 4. The van der Waals surface area contributed by atoms with E-state index in [0.717, 1.165) is 35.3 Å². The van der Waals surface area contributed by atoms with Crippen LogP contribution in [0.2, 0.25) is 20.1 Å². The zero-order valence-electron chi connectivity index (χ0n) is 40.2. The number of hydrogen-bond donors (Lipinski definition) is 1. The number of nitrogens with one attached hydrogen (secondary N) is 1. The highest BCUT2D eigenvalue weighted by Gasteiger charge is 2.40. The van der Waals surface area contributed by atoms with Crippen LogP contribution in [-0.2, 0) is 72.4 Å². The normalized spacial score (nSPS) is 12.0. The van der Waals surface area contributed by atoms with Gasteiger partial charge in [-0.25, -0.2) is 14.4 Å². The fourth-order valence-corrected chi connectivity index (χ4v) is 8.77. The van der Waals surface area contributed by atoms with Gasteiger partial charge < -0.3 is 14.8 Å². The summed E-state index contributed by atoms with van der Waals surface area (Å²) in [7, 11) is 6.51. The molecule has 0 spiro atoms. The standard InChI is InChI=1S/C24H20Cl2F3N3O5.C18H19F3N2O4.C7H3Cl3O/c1-31-19(24(27,28)29)17(21(34)32(2)23(31)36)13-9-7-12(8-10-13)11-16(22(35)37-3)30-20(33)18-14(25)5-4-6-15(18)26;1-10(16(25)27-4)9-11-5-7-12(8-6-11)13-14(18(19,20)21)22(2)17(26)23(3)15(13)24;8-4-2-1-3-5(9)6(4)7(10)11/h4-10,16H,11H2,1-3H3,(H,30,33);5-8,10H,9H2,1-4H3;1-3H. The van der Waals surface area contributed by atoms with E-state index < -0.39 is 92.4 Å². The number of hydrogen-bond acceptors (Lipinski definition) is 10. The van der Waals surface area contributed by atoms with Gasteiger partial charge in [0.25, 0.3) is 22.3 Å². The van der Waals surface area contributed by atoms with Crippen molar-refractivity contribution in [3.05, 3.63) is 180 Å². The Labute approximate surface area is 446 Å². The van der Waals surface area contributed by atoms with Crippen LogP contribution in [0.3, 0.4) is 0 Å². The molecule has 0 aliphatic rings. The zero-order valence-corrected chi connectivity index (χ0v) is 44.0. The summed E-state index contributed by atoms with van der Waals surface area (Å²) in [4.78, 5) is 96.2. The average molecular weight is 1150 g/mol. The number of alkyl halides is 6. The Morgan fingerprint density at radius 3 is 1.21 bits per heavy atom. The van der Waals surface area contributed by atoms with Gasteiger partial charge in [-0.15, -0.1) is 0 Å². The molecule has 0 bridgehead atoms. The molecule has 6 aromatic rings. The van der Waals surface area contributed by atoms with E-state index in [4.69, 9.17) is 62.7 Å². The highest BCUT2D eigenvalue weighted by molar-refractivity contribution is 6.69. The second-order valence-corrected chi connectivity index (χ2v) is 18.1. The van der Waals surface area contributed by atoms with Crippen molar-refractivity contribution in [1.29, 1.82) is 0 Å². The molecule has 26 heteroatoms. The lowest BCUT2D eigenvalue weighted by atomic mass is 9.97. The Balaban J connectivity index is 0.000000278. The maximum atomic E-state index is 13.8. The second kappa shape index (κ2) is 25.3. The maximum absolute atomic E-state index is 13.8. The van der Waals surface area contributed by atoms with Crippen LogP contribution in [0, 0.1) is 5.92 Å². The van der Waals surface area contributed by atoms with Crippen molar-refractivity contribution >= 4 is 81.1 Å². The predicted octanol–water partition coefficient (Wildman–Crippen LogP) is 9.08. The quantitative estimate of drug-likeness (QED) is 0.0745. The molecule has 15 nitrogen and oxygen atoms in total. The molecule has 0 aliphatic heterocycles. The first-order valence-corrected chi connectivity index (χ1v) is 23.3. The number of aromatic nitrogens is 4. The van der Waals surface area contributed by atoms with Crippen LogP contribution in [0.15, 0.2) is 104 Å². The Morgan fingerprint density at radius 2 is 0.893 bits per heavy atom. The van der Waals surface area contributed by atoms with Crippen LogP contribution >= 0.6 is 58.0 Å². The molecular formula is C49H42Cl5F6N5O10. The number of ether oxygens (including phenoxy) is 2. The van der Waals surface area contributed by atoms with Gasteiger partial charge in [-0.05, 0) is 64.5 Å². The third-order valence-corrected chi connectivity index (χ3v) is 12.5. The molecule has 2 atom stereocenters. The summed E-state index contributed by atoms with van der Waals surface area (Å²) in [5.74, 6) is -2.33. The highest BCUT2D eigenvalue weighted by atomic mass is 35.5. The van der Waals surface area contributed by atoms with E-state index in [1.807, 2.05) is 0 Å². The number of nitrogens with zero attached hydrogens (tertiary/aromatic N) is 4. The van der Waals surface area contributed by atoms with Crippen LogP contribution in [0.4, 0.5) is 26.3 Å². The van der Waals surface area contributed by atoms with Gasteiger partial charge in [-0.2, -0.15) is 26.3 Å². The van der Waals surface area contributed by atoms with E-state index in [0.29, 0.717) is 35.8 Å². The van der Waals surface area contributed by atoms with Crippen molar-refractivity contribution in [3.63, 3.8) is 0 Å². The average Bonchev–Trinajstić information content (AvgIpc) is 3.34. The summed E-state index contributed by atoms with van der Waals surface area (Å²) >= 11 is 28.6. The van der Waals surface area contributed by atoms with E-state index in [1.54, 1.807) is 43.3 Å². The minimum absolute atomic E-state index is 0.0352. The predicted molar refractivity (Wildman–Crippen MR) is 270 cm³/mol. The summed E-state index contributed by atoms with van der Waals surface area (Å²) in [6.45, 7) is 1.67. The third-order valence-electron chi connectivity index (χ3n) is 11.1. The lowest BCUT2D eigenvalue weighted by molar-refractivity contribution is -0.145. The summed E-state index contributed by atoms with van der Waals surface area (Å²) < 4.78 is 93.2. The Hall–Kier alpha value is -6.65. The minimum atomic E-state index is -4.98. The molecule has 0 saturated heterocycles. The Morgan fingerprint density at radius 1 is 0.547 bits per heavy atom. The molecule has 4 aromatic carbocycles. The van der Waals surface area contributed by atoms with Crippen LogP contribution in [0.1, 0.15) is 50.2 Å². The molecule has 75 heavy (non-hydrogen) atoms. The van der Waals surface area contributed by atoms with Gasteiger partial charge in [0.2, 0.25) is 0 Å². The molecule has 6 rings (SSSR count). The summed E-state index contributed by atoms with van der Waals surface area (Å²) in [6, 6.07) is 19.1. The fourth-order valence-electron chi connectivity index (χ4n) is 7.33. The lowest BCUT2D eigenvalue weighted by Gasteiger charge is -2.19. The van der Waals surface area contributed by atoms with Gasteiger partial charge in [0.05, 0.1) is 62.5 Å². The molecular weight excluding hydrogens is 1110 g/mol. The highest BCUT2D eigenvalue weighted by Crippen LogP contribution is 2.36. The van der Waals surface area contributed by atoms with Crippen molar-refractivity contribution in [2.45, 2.75) is 38.2 Å². The van der Waals surface area contributed by atoms with Crippen molar-refractivity contribution in [2.24, 2.45) is 34.1 Å². The lowest BCUT2D eigenvalue weighted by Crippen LogP contribution is -2.43. The molecule has 0 aliphatic carbocycles. The van der Waals surface area contributed by atoms with Gasteiger partial charge >= 0.3 is 35.7 Å². The van der Waals surface area contributed by atoms with Crippen LogP contribution in [-0.4, -0.2) is 61.6 Å². The Bertz CT molecular complexity index is 3350. The van der Waals surface area contributed by atoms with Crippen LogP contribution in [0.5, 0.6) is 0 Å². The van der Waals surface area contributed by atoms with Gasteiger partial charge in [-0.1, -0.05) is 114 Å². The van der Waals surface area contributed by atoms with Crippen molar-refractivity contribution in [2.75, 3.05) is 14.2 Å². The van der Waals surface area contributed by atoms with E-state index >= 15 is 0 Å². The molecule has 2 unspecified atom stereocenters. The largest absolute Gasteiger partial charge is 0.469 e. The monoisotopic (exact) mass is 1150 g/mol. The van der Waals surface area contributed by atoms with E-state index in [9.17, 15) is 64.7 Å². The SMILES string of the molecule is COC(=O)C(C)Cc1ccc(-c2c(C(F)(F)F)n(C)c(=O)n(C)c2=O)cc1.COC(=O)C(Cc1ccc(-c2c(C(F)(F)F)n(C)c(=O)n(C)c2=O)cc1)NC(=O)c1c(Cl)cccc1Cl.O=C(Cl)c1c(Cl)cccc1Cl. The van der Waals surface area contributed by atoms with Crippen molar-refractivity contribution in [1.82, 2.24) is 23.6 Å². The molecule has 2 aromatic heterocycles. The van der Waals surface area contributed by atoms with E-state index in [1.165, 1.54) is 55.6 Å². The summed E-state index contributed by atoms with van der Waals surface area (Å²) in [5, 5.41) is 2.54. The number of methoxy groups -OCH3 is 2. The Kier molecular flexibility index (Phi) is 20.5. The molecule has 2 heterocycles. The van der Waals surface area contributed by atoms with Gasteiger partial charge in [0, 0.05) is 34.6 Å². The number of amides is 1. The number of halogens is 11. The van der Waals surface area contributed by atoms with E-state index in [-0.39, 0.29) is 48.8 Å². The minimum Gasteiger partial charge on any atom is -0.469 e. The maximum Gasteiger partial charge on any atom is 0.432 e. The van der Waals surface area contributed by atoms with Crippen LogP contribution in [0.25, 0.3) is 22.3 Å².